The molecular weight excluding hydrogens is 258 g/mol. The van der Waals surface area contributed by atoms with Crippen molar-refractivity contribution in [1.82, 2.24) is 4.98 Å². The van der Waals surface area contributed by atoms with Crippen molar-refractivity contribution in [3.8, 4) is 0 Å². The first-order chi connectivity index (χ1) is 10.2. The SMILES string of the molecule is CCCCCCCCC(=O)c1ccc2nc(C)ccc2c1. The van der Waals surface area contributed by atoms with Gasteiger partial charge in [0.05, 0.1) is 5.52 Å². The summed E-state index contributed by atoms with van der Waals surface area (Å²) in [7, 11) is 0. The van der Waals surface area contributed by atoms with Gasteiger partial charge >= 0.3 is 0 Å². The number of rotatable bonds is 8. The third-order valence-electron chi connectivity index (χ3n) is 3.91. The van der Waals surface area contributed by atoms with Gasteiger partial charge in [-0.2, -0.15) is 0 Å². The fraction of sp³-hybridized carbons (Fsp3) is 0.474. The van der Waals surface area contributed by atoms with E-state index >= 15 is 0 Å². The first-order valence-corrected chi connectivity index (χ1v) is 8.11. The van der Waals surface area contributed by atoms with Crippen molar-refractivity contribution in [2.24, 2.45) is 0 Å². The summed E-state index contributed by atoms with van der Waals surface area (Å²) < 4.78 is 0. The highest BCUT2D eigenvalue weighted by atomic mass is 16.1. The Morgan fingerprint density at radius 1 is 1.00 bits per heavy atom. The topological polar surface area (TPSA) is 30.0 Å². The third-order valence-corrected chi connectivity index (χ3v) is 3.91. The van der Waals surface area contributed by atoms with Crippen molar-refractivity contribution < 1.29 is 4.79 Å². The molecule has 0 N–H and O–H groups in total. The molecule has 0 aliphatic heterocycles. The zero-order chi connectivity index (χ0) is 15.1. The molecule has 0 aliphatic carbocycles. The fourth-order valence-corrected chi connectivity index (χ4v) is 2.61. The van der Waals surface area contributed by atoms with Crippen LogP contribution in [0.1, 0.15) is 67.9 Å². The van der Waals surface area contributed by atoms with E-state index < -0.39 is 0 Å². The second-order valence-corrected chi connectivity index (χ2v) is 5.80. The van der Waals surface area contributed by atoms with Gasteiger partial charge in [0, 0.05) is 23.1 Å². The van der Waals surface area contributed by atoms with Crippen LogP contribution < -0.4 is 0 Å². The summed E-state index contributed by atoms with van der Waals surface area (Å²) in [5.41, 5.74) is 2.79. The molecule has 2 nitrogen and oxygen atoms in total. The van der Waals surface area contributed by atoms with Gasteiger partial charge in [-0.05, 0) is 37.6 Å². The average Bonchev–Trinajstić information content (AvgIpc) is 2.50. The smallest absolute Gasteiger partial charge is 0.162 e. The van der Waals surface area contributed by atoms with Crippen LogP contribution >= 0.6 is 0 Å². The molecule has 112 valence electrons. The summed E-state index contributed by atoms with van der Waals surface area (Å²) in [4.78, 5) is 16.7. The van der Waals surface area contributed by atoms with Crippen LogP contribution in [0.25, 0.3) is 10.9 Å². The molecule has 0 aliphatic rings. The summed E-state index contributed by atoms with van der Waals surface area (Å²) in [6.45, 7) is 4.21. The third kappa shape index (κ3) is 4.66. The van der Waals surface area contributed by atoms with Gasteiger partial charge in [0.2, 0.25) is 0 Å². The van der Waals surface area contributed by atoms with Gasteiger partial charge in [-0.25, -0.2) is 0 Å². The predicted octanol–water partition coefficient (Wildman–Crippen LogP) is 5.48. The summed E-state index contributed by atoms with van der Waals surface area (Å²) in [5.74, 6) is 0.257. The van der Waals surface area contributed by atoms with Crippen LogP contribution in [0.2, 0.25) is 0 Å². The molecule has 0 unspecified atom stereocenters. The summed E-state index contributed by atoms with van der Waals surface area (Å²) in [6.07, 6.45) is 7.96. The maximum Gasteiger partial charge on any atom is 0.162 e. The van der Waals surface area contributed by atoms with Crippen molar-refractivity contribution in [2.45, 2.75) is 58.8 Å². The number of aryl methyl sites for hydroxylation is 1. The Bertz CT molecular complexity index is 604. The molecule has 0 saturated heterocycles. The molecule has 1 aromatic carbocycles. The summed E-state index contributed by atoms with van der Waals surface area (Å²) in [5, 5.41) is 1.05. The minimum Gasteiger partial charge on any atom is -0.294 e. The zero-order valence-corrected chi connectivity index (χ0v) is 13.2. The minimum atomic E-state index is 0.257. The molecule has 1 aromatic heterocycles. The number of nitrogens with zero attached hydrogens (tertiary/aromatic N) is 1. The number of aromatic nitrogens is 1. The van der Waals surface area contributed by atoms with Crippen molar-refractivity contribution in [3.05, 3.63) is 41.6 Å². The number of pyridine rings is 1. The van der Waals surface area contributed by atoms with Crippen LogP contribution in [0.3, 0.4) is 0 Å². The van der Waals surface area contributed by atoms with Gasteiger partial charge in [-0.15, -0.1) is 0 Å². The zero-order valence-electron chi connectivity index (χ0n) is 13.2. The van der Waals surface area contributed by atoms with E-state index in [4.69, 9.17) is 0 Å². The van der Waals surface area contributed by atoms with Crippen LogP contribution in [-0.4, -0.2) is 10.8 Å². The maximum atomic E-state index is 12.2. The molecule has 2 rings (SSSR count). The number of benzene rings is 1. The highest BCUT2D eigenvalue weighted by Gasteiger charge is 2.07. The molecule has 0 amide bonds. The van der Waals surface area contributed by atoms with Gasteiger partial charge in [-0.1, -0.05) is 45.1 Å². The molecule has 2 aromatic rings. The number of carbonyl (C=O) groups is 1. The molecule has 2 heteroatoms. The van der Waals surface area contributed by atoms with Crippen LogP contribution in [0.5, 0.6) is 0 Å². The lowest BCUT2D eigenvalue weighted by Crippen LogP contribution is -1.99. The first-order valence-electron chi connectivity index (χ1n) is 8.11. The van der Waals surface area contributed by atoms with Gasteiger partial charge in [0.25, 0.3) is 0 Å². The second kappa shape index (κ2) is 7.92. The van der Waals surface area contributed by atoms with Crippen LogP contribution in [0, 0.1) is 6.92 Å². The second-order valence-electron chi connectivity index (χ2n) is 5.80. The van der Waals surface area contributed by atoms with Gasteiger partial charge in [-0.3, -0.25) is 9.78 Å². The molecule has 0 radical (unpaired) electrons. The number of fused-ring (bicyclic) bond motifs is 1. The highest BCUT2D eigenvalue weighted by molar-refractivity contribution is 5.99. The Labute approximate surface area is 127 Å². The van der Waals surface area contributed by atoms with E-state index in [1.807, 2.05) is 37.3 Å². The Hall–Kier alpha value is -1.70. The van der Waals surface area contributed by atoms with E-state index in [1.165, 1.54) is 32.1 Å². The maximum absolute atomic E-state index is 12.2. The van der Waals surface area contributed by atoms with E-state index in [0.717, 1.165) is 28.6 Å². The van der Waals surface area contributed by atoms with Crippen LogP contribution in [0.4, 0.5) is 0 Å². The summed E-state index contributed by atoms with van der Waals surface area (Å²) in [6, 6.07) is 9.87. The molecule has 0 bridgehead atoms. The predicted molar refractivity (Wildman–Crippen MR) is 88.8 cm³/mol. The molecule has 0 saturated carbocycles. The molecule has 0 fully saturated rings. The normalized spacial score (nSPS) is 11.0. The number of hydrogen-bond acceptors (Lipinski definition) is 2. The number of carbonyl (C=O) groups excluding carboxylic acids is 1. The molecule has 21 heavy (non-hydrogen) atoms. The molecule has 0 spiro atoms. The Kier molecular flexibility index (Phi) is 5.91. The number of ketones is 1. The lowest BCUT2D eigenvalue weighted by atomic mass is 10.0. The van der Waals surface area contributed by atoms with E-state index in [1.54, 1.807) is 0 Å². The lowest BCUT2D eigenvalue weighted by Gasteiger charge is -2.04. The van der Waals surface area contributed by atoms with Crippen molar-refractivity contribution >= 4 is 16.7 Å². The van der Waals surface area contributed by atoms with E-state index in [9.17, 15) is 4.79 Å². The Balaban J connectivity index is 1.89. The van der Waals surface area contributed by atoms with Gasteiger partial charge < -0.3 is 0 Å². The largest absolute Gasteiger partial charge is 0.294 e. The average molecular weight is 283 g/mol. The molecular formula is C19H25NO. The van der Waals surface area contributed by atoms with E-state index in [2.05, 4.69) is 11.9 Å². The minimum absolute atomic E-state index is 0.257. The fourth-order valence-electron chi connectivity index (χ4n) is 2.61. The standard InChI is InChI=1S/C19H25NO/c1-3-4-5-6-7-8-9-19(21)17-12-13-18-16(14-17)11-10-15(2)20-18/h10-14H,3-9H2,1-2H3. The van der Waals surface area contributed by atoms with Crippen LogP contribution in [0.15, 0.2) is 30.3 Å². The van der Waals surface area contributed by atoms with Crippen LogP contribution in [-0.2, 0) is 0 Å². The summed E-state index contributed by atoms with van der Waals surface area (Å²) >= 11 is 0. The van der Waals surface area contributed by atoms with Gasteiger partial charge in [0.1, 0.15) is 0 Å². The monoisotopic (exact) mass is 283 g/mol. The number of unbranched alkanes of at least 4 members (excludes halogenated alkanes) is 5. The van der Waals surface area contributed by atoms with Crippen molar-refractivity contribution in [2.75, 3.05) is 0 Å². The van der Waals surface area contributed by atoms with E-state index in [-0.39, 0.29) is 5.78 Å². The Morgan fingerprint density at radius 2 is 1.76 bits per heavy atom. The highest BCUT2D eigenvalue weighted by Crippen LogP contribution is 2.17. The quantitative estimate of drug-likeness (QED) is 0.474. The van der Waals surface area contributed by atoms with Crippen molar-refractivity contribution in [3.63, 3.8) is 0 Å². The first kappa shape index (κ1) is 15.7. The molecule has 0 atom stereocenters. The number of Topliss-reactive ketones (excluding diaryl/α,β-unsaturated/α-hetero) is 1. The number of hydrogen-bond donors (Lipinski definition) is 0. The van der Waals surface area contributed by atoms with E-state index in [0.29, 0.717) is 6.42 Å². The molecule has 1 heterocycles. The Morgan fingerprint density at radius 3 is 2.57 bits per heavy atom. The lowest BCUT2D eigenvalue weighted by molar-refractivity contribution is 0.0979. The van der Waals surface area contributed by atoms with Crippen molar-refractivity contribution in [1.29, 1.82) is 0 Å². The van der Waals surface area contributed by atoms with Gasteiger partial charge in [0.15, 0.2) is 5.78 Å².